The van der Waals surface area contributed by atoms with Gasteiger partial charge in [0.25, 0.3) is 5.91 Å². The van der Waals surface area contributed by atoms with Gasteiger partial charge in [-0.2, -0.15) is 0 Å². The predicted octanol–water partition coefficient (Wildman–Crippen LogP) is 1.59. The van der Waals surface area contributed by atoms with E-state index in [1.807, 2.05) is 25.1 Å². The Hall–Kier alpha value is -1.79. The van der Waals surface area contributed by atoms with Crippen molar-refractivity contribution in [2.45, 2.75) is 32.2 Å². The third-order valence-electron chi connectivity index (χ3n) is 3.09. The number of nitrogens with one attached hydrogen (secondary N) is 1. The summed E-state index contributed by atoms with van der Waals surface area (Å²) in [7, 11) is 0. The molecule has 0 atom stereocenters. The van der Waals surface area contributed by atoms with Crippen molar-refractivity contribution in [2.75, 3.05) is 6.54 Å². The van der Waals surface area contributed by atoms with E-state index >= 15 is 0 Å². The van der Waals surface area contributed by atoms with Gasteiger partial charge in [0.15, 0.2) is 0 Å². The first kappa shape index (κ1) is 12.7. The molecule has 1 saturated carbocycles. The van der Waals surface area contributed by atoms with Gasteiger partial charge in [-0.3, -0.25) is 4.79 Å². The monoisotopic (exact) mass is 242 g/mol. The second-order valence-corrected chi connectivity index (χ2v) is 5.11. The van der Waals surface area contributed by atoms with Crippen molar-refractivity contribution in [3.05, 3.63) is 34.9 Å². The Kier molecular flexibility index (Phi) is 3.40. The number of amides is 1. The lowest BCUT2D eigenvalue weighted by atomic mass is 10.1. The Bertz CT molecular complexity index is 533. The van der Waals surface area contributed by atoms with E-state index in [1.54, 1.807) is 0 Å². The maximum atomic E-state index is 12.1. The molecule has 1 aromatic carbocycles. The van der Waals surface area contributed by atoms with Crippen molar-refractivity contribution in [3.63, 3.8) is 0 Å². The van der Waals surface area contributed by atoms with E-state index in [4.69, 9.17) is 5.73 Å². The summed E-state index contributed by atoms with van der Waals surface area (Å²) < 4.78 is 0. The van der Waals surface area contributed by atoms with Crippen LogP contribution in [0, 0.1) is 18.8 Å². The summed E-state index contributed by atoms with van der Waals surface area (Å²) in [5.41, 5.74) is 7.90. The fourth-order valence-electron chi connectivity index (χ4n) is 1.80. The lowest BCUT2D eigenvalue weighted by Gasteiger charge is -2.12. The van der Waals surface area contributed by atoms with Gasteiger partial charge in [0.05, 0.1) is 6.54 Å². The molecular weight excluding hydrogens is 224 g/mol. The summed E-state index contributed by atoms with van der Waals surface area (Å²) in [6, 6.07) is 5.66. The molecule has 0 heterocycles. The lowest BCUT2D eigenvalue weighted by molar-refractivity contribution is 0.0935. The summed E-state index contributed by atoms with van der Waals surface area (Å²) in [5, 5.41) is 3.05. The average molecular weight is 242 g/mol. The van der Waals surface area contributed by atoms with Gasteiger partial charge in [0.2, 0.25) is 0 Å². The van der Waals surface area contributed by atoms with Crippen LogP contribution in [0.4, 0.5) is 0 Å². The zero-order valence-corrected chi connectivity index (χ0v) is 10.8. The van der Waals surface area contributed by atoms with Crippen molar-refractivity contribution in [2.24, 2.45) is 5.73 Å². The molecule has 0 aliphatic heterocycles. The number of hydrogen-bond acceptors (Lipinski definition) is 2. The van der Waals surface area contributed by atoms with Crippen LogP contribution in [-0.2, 0) is 0 Å². The first-order chi connectivity index (χ1) is 8.52. The van der Waals surface area contributed by atoms with Gasteiger partial charge in [-0.05, 0) is 50.5 Å². The molecule has 3 heteroatoms. The molecule has 3 nitrogen and oxygen atoms in total. The average Bonchev–Trinajstić information content (AvgIpc) is 3.03. The highest BCUT2D eigenvalue weighted by Crippen LogP contribution is 2.34. The van der Waals surface area contributed by atoms with Crippen molar-refractivity contribution in [1.82, 2.24) is 5.32 Å². The summed E-state index contributed by atoms with van der Waals surface area (Å²) in [6.07, 6.45) is 2.12. The molecule has 94 valence electrons. The van der Waals surface area contributed by atoms with Crippen LogP contribution in [0.1, 0.15) is 41.3 Å². The molecule has 2 rings (SSSR count). The lowest BCUT2D eigenvalue weighted by Crippen LogP contribution is -2.34. The number of aryl methyl sites for hydroxylation is 1. The van der Waals surface area contributed by atoms with Crippen molar-refractivity contribution >= 4 is 5.91 Å². The van der Waals surface area contributed by atoms with Gasteiger partial charge in [-0.15, -0.1) is 0 Å². The summed E-state index contributed by atoms with van der Waals surface area (Å²) in [5.74, 6) is 5.75. The van der Waals surface area contributed by atoms with Crippen LogP contribution in [0.3, 0.4) is 0 Å². The molecule has 1 aliphatic rings. The molecule has 1 fully saturated rings. The first-order valence-electron chi connectivity index (χ1n) is 6.16. The largest absolute Gasteiger partial charge is 0.347 e. The second kappa shape index (κ2) is 4.83. The number of nitrogens with two attached hydrogens (primary N) is 1. The maximum absolute atomic E-state index is 12.1. The van der Waals surface area contributed by atoms with Crippen molar-refractivity contribution in [1.29, 1.82) is 0 Å². The molecule has 0 saturated heterocycles. The van der Waals surface area contributed by atoms with Crippen LogP contribution in [0.15, 0.2) is 18.2 Å². The molecule has 3 N–H and O–H groups in total. The molecule has 0 aromatic heterocycles. The van der Waals surface area contributed by atoms with Gasteiger partial charge in [-0.25, -0.2) is 0 Å². The normalized spacial score (nSPS) is 15.5. The minimum atomic E-state index is -0.0190. The van der Waals surface area contributed by atoms with Crippen molar-refractivity contribution < 1.29 is 4.79 Å². The molecule has 1 aromatic rings. The predicted molar refractivity (Wildman–Crippen MR) is 72.2 cm³/mol. The Morgan fingerprint density at radius 2 is 2.17 bits per heavy atom. The van der Waals surface area contributed by atoms with E-state index in [-0.39, 0.29) is 11.4 Å². The van der Waals surface area contributed by atoms with Crippen LogP contribution >= 0.6 is 0 Å². The minimum Gasteiger partial charge on any atom is -0.347 e. The van der Waals surface area contributed by atoms with E-state index in [2.05, 4.69) is 24.1 Å². The Labute approximate surface area is 108 Å². The molecular formula is C15H18N2O. The highest BCUT2D eigenvalue weighted by Gasteiger charge is 2.38. The molecule has 0 unspecified atom stereocenters. The van der Waals surface area contributed by atoms with Crippen LogP contribution in [-0.4, -0.2) is 18.0 Å². The van der Waals surface area contributed by atoms with E-state index in [0.29, 0.717) is 12.1 Å². The Morgan fingerprint density at radius 1 is 1.44 bits per heavy atom. The third-order valence-corrected chi connectivity index (χ3v) is 3.09. The smallest absolute Gasteiger partial charge is 0.251 e. The third kappa shape index (κ3) is 3.12. The number of carbonyl (C=O) groups is 1. The highest BCUT2D eigenvalue weighted by molar-refractivity contribution is 5.95. The van der Waals surface area contributed by atoms with E-state index < -0.39 is 0 Å². The van der Waals surface area contributed by atoms with Crippen LogP contribution < -0.4 is 11.1 Å². The van der Waals surface area contributed by atoms with E-state index in [9.17, 15) is 4.79 Å². The van der Waals surface area contributed by atoms with Gasteiger partial charge >= 0.3 is 0 Å². The topological polar surface area (TPSA) is 55.1 Å². The molecule has 1 aliphatic carbocycles. The molecule has 0 radical (unpaired) electrons. The van der Waals surface area contributed by atoms with Crippen LogP contribution in [0.25, 0.3) is 0 Å². The molecule has 0 bridgehead atoms. The zero-order chi connectivity index (χ0) is 13.2. The van der Waals surface area contributed by atoms with E-state index in [0.717, 1.165) is 24.0 Å². The first-order valence-corrected chi connectivity index (χ1v) is 6.16. The Morgan fingerprint density at radius 3 is 2.78 bits per heavy atom. The standard InChI is InChI=1S/C15H18N2O/c1-11-8-12(4-3-7-16)10-13(9-11)14(18)17-15(2)5-6-15/h8-10H,5-7,16H2,1-2H3,(H,17,18). The number of hydrogen-bond donors (Lipinski definition) is 2. The van der Waals surface area contributed by atoms with Crippen LogP contribution in [0.5, 0.6) is 0 Å². The maximum Gasteiger partial charge on any atom is 0.251 e. The molecule has 18 heavy (non-hydrogen) atoms. The molecule has 0 spiro atoms. The van der Waals surface area contributed by atoms with Gasteiger partial charge in [0.1, 0.15) is 0 Å². The van der Waals surface area contributed by atoms with Crippen molar-refractivity contribution in [3.8, 4) is 11.8 Å². The van der Waals surface area contributed by atoms with Gasteiger partial charge in [-0.1, -0.05) is 11.8 Å². The van der Waals surface area contributed by atoms with Gasteiger partial charge < -0.3 is 11.1 Å². The second-order valence-electron chi connectivity index (χ2n) is 5.11. The quantitative estimate of drug-likeness (QED) is 0.774. The van der Waals surface area contributed by atoms with E-state index in [1.165, 1.54) is 0 Å². The summed E-state index contributed by atoms with van der Waals surface area (Å²) in [4.78, 5) is 12.1. The number of benzene rings is 1. The minimum absolute atomic E-state index is 0.00390. The fraction of sp³-hybridized carbons (Fsp3) is 0.400. The zero-order valence-electron chi connectivity index (χ0n) is 10.8. The highest BCUT2D eigenvalue weighted by atomic mass is 16.1. The SMILES string of the molecule is Cc1cc(C#CCN)cc(C(=O)NC2(C)CC2)c1. The number of rotatable bonds is 2. The van der Waals surface area contributed by atoms with Crippen LogP contribution in [0.2, 0.25) is 0 Å². The number of carbonyl (C=O) groups excluding carboxylic acids is 1. The summed E-state index contributed by atoms with van der Waals surface area (Å²) >= 11 is 0. The fourth-order valence-corrected chi connectivity index (χ4v) is 1.80. The van der Waals surface area contributed by atoms with Gasteiger partial charge in [0, 0.05) is 16.7 Å². The summed E-state index contributed by atoms with van der Waals surface area (Å²) in [6.45, 7) is 4.35. The Balaban J connectivity index is 2.21. The molecule has 1 amide bonds.